The van der Waals surface area contributed by atoms with E-state index in [4.69, 9.17) is 4.74 Å². The number of carbonyl (C=O) groups excluding carboxylic acids is 1. The highest BCUT2D eigenvalue weighted by atomic mass is 16.5. The zero-order chi connectivity index (χ0) is 18.1. The first kappa shape index (κ1) is 16.6. The van der Waals surface area contributed by atoms with Crippen molar-refractivity contribution in [3.05, 3.63) is 70.2 Å². The van der Waals surface area contributed by atoms with Gasteiger partial charge in [-0.2, -0.15) is 0 Å². The Morgan fingerprint density at radius 1 is 1.15 bits per heavy atom. The summed E-state index contributed by atoms with van der Waals surface area (Å²) in [6.45, 7) is 3.03. The second kappa shape index (κ2) is 6.83. The van der Waals surface area contributed by atoms with Gasteiger partial charge in [0.15, 0.2) is 0 Å². The summed E-state index contributed by atoms with van der Waals surface area (Å²) in [5, 5.41) is 0. The first-order valence-corrected chi connectivity index (χ1v) is 9.02. The topological polar surface area (TPSA) is 51.5 Å². The lowest BCUT2D eigenvalue weighted by Crippen LogP contribution is -2.55. The molecular weight excluding hydrogens is 328 g/mol. The van der Waals surface area contributed by atoms with E-state index in [1.54, 1.807) is 17.0 Å². The average molecular weight is 350 g/mol. The Morgan fingerprint density at radius 2 is 1.88 bits per heavy atom. The van der Waals surface area contributed by atoms with Crippen molar-refractivity contribution in [1.29, 1.82) is 0 Å². The molecule has 1 aliphatic carbocycles. The van der Waals surface area contributed by atoms with Gasteiger partial charge in [-0.3, -0.25) is 9.59 Å². The number of pyridine rings is 1. The van der Waals surface area contributed by atoms with Crippen LogP contribution in [0.4, 0.5) is 0 Å². The third kappa shape index (κ3) is 3.57. The molecule has 0 atom stereocenters. The maximum Gasteiger partial charge on any atom is 0.254 e. The van der Waals surface area contributed by atoms with Crippen molar-refractivity contribution >= 4 is 12.0 Å². The normalized spacial score (nSPS) is 17.3. The van der Waals surface area contributed by atoms with Gasteiger partial charge in [0.25, 0.3) is 5.56 Å². The van der Waals surface area contributed by atoms with Crippen LogP contribution in [0.2, 0.25) is 0 Å². The number of hydrogen-bond donors (Lipinski definition) is 0. The average Bonchev–Trinajstić information content (AvgIpc) is 3.41. The van der Waals surface area contributed by atoms with E-state index >= 15 is 0 Å². The van der Waals surface area contributed by atoms with Gasteiger partial charge in [-0.15, -0.1) is 0 Å². The molecule has 1 aliphatic heterocycles. The number of likely N-dealkylation sites (tertiary alicyclic amines) is 1. The Kier molecular flexibility index (Phi) is 4.37. The zero-order valence-corrected chi connectivity index (χ0v) is 14.8. The van der Waals surface area contributed by atoms with Crippen LogP contribution in [0.3, 0.4) is 0 Å². The number of nitrogens with zero attached hydrogens (tertiary/aromatic N) is 2. The molecular formula is C21H22N2O3. The van der Waals surface area contributed by atoms with Gasteiger partial charge in [0.1, 0.15) is 11.9 Å². The standard InChI is InChI=1S/C21H22N2O3/c1-15-11-18(12-21(25)23(15)17-8-9-17)26-19-13-22(14-19)20(24)10-7-16-5-3-2-4-6-16/h2-7,10-12,17,19H,8-9,13-14H2,1H3/b10-7+. The molecule has 4 rings (SSSR count). The summed E-state index contributed by atoms with van der Waals surface area (Å²) in [4.78, 5) is 26.1. The highest BCUT2D eigenvalue weighted by Gasteiger charge is 2.32. The highest BCUT2D eigenvalue weighted by molar-refractivity contribution is 5.92. The van der Waals surface area contributed by atoms with Crippen molar-refractivity contribution in [3.8, 4) is 5.75 Å². The Bertz CT molecular complexity index is 891. The second-order valence-electron chi connectivity index (χ2n) is 7.00. The van der Waals surface area contributed by atoms with Gasteiger partial charge in [0, 0.05) is 23.9 Å². The Labute approximate surface area is 152 Å². The van der Waals surface area contributed by atoms with Crippen LogP contribution in [0.1, 0.15) is 30.1 Å². The molecule has 2 aromatic rings. The van der Waals surface area contributed by atoms with Crippen LogP contribution in [0.25, 0.3) is 6.08 Å². The maximum absolute atomic E-state index is 12.2. The van der Waals surface area contributed by atoms with Crippen molar-refractivity contribution in [3.63, 3.8) is 0 Å². The minimum Gasteiger partial charge on any atom is -0.486 e. The summed E-state index contributed by atoms with van der Waals surface area (Å²) in [6, 6.07) is 13.6. The number of rotatable bonds is 5. The molecule has 0 unspecified atom stereocenters. The lowest BCUT2D eigenvalue weighted by atomic mass is 10.1. The van der Waals surface area contributed by atoms with E-state index in [1.165, 1.54) is 0 Å². The van der Waals surface area contributed by atoms with E-state index in [9.17, 15) is 9.59 Å². The van der Waals surface area contributed by atoms with Crippen LogP contribution in [-0.2, 0) is 4.79 Å². The summed E-state index contributed by atoms with van der Waals surface area (Å²) in [7, 11) is 0. The second-order valence-corrected chi connectivity index (χ2v) is 7.00. The van der Waals surface area contributed by atoms with Crippen LogP contribution in [0.5, 0.6) is 5.75 Å². The van der Waals surface area contributed by atoms with Gasteiger partial charge < -0.3 is 14.2 Å². The van der Waals surface area contributed by atoms with Crippen LogP contribution in [0.15, 0.2) is 53.3 Å². The lowest BCUT2D eigenvalue weighted by Gasteiger charge is -2.38. The van der Waals surface area contributed by atoms with Crippen molar-refractivity contribution in [1.82, 2.24) is 9.47 Å². The first-order chi connectivity index (χ1) is 12.6. The number of ether oxygens (including phenoxy) is 1. The van der Waals surface area contributed by atoms with E-state index in [0.29, 0.717) is 24.9 Å². The third-order valence-electron chi connectivity index (χ3n) is 4.83. The zero-order valence-electron chi connectivity index (χ0n) is 14.8. The van der Waals surface area contributed by atoms with Gasteiger partial charge in [0.2, 0.25) is 5.91 Å². The largest absolute Gasteiger partial charge is 0.486 e. The number of hydrogen-bond acceptors (Lipinski definition) is 3. The molecule has 134 valence electrons. The van der Waals surface area contributed by atoms with Gasteiger partial charge in [-0.25, -0.2) is 0 Å². The summed E-state index contributed by atoms with van der Waals surface area (Å²) >= 11 is 0. The molecule has 5 heteroatoms. The van der Waals surface area contributed by atoms with Crippen LogP contribution in [-0.4, -0.2) is 34.6 Å². The van der Waals surface area contributed by atoms with Crippen molar-refractivity contribution in [2.24, 2.45) is 0 Å². The molecule has 1 amide bonds. The Hall–Kier alpha value is -2.82. The number of benzene rings is 1. The molecule has 2 fully saturated rings. The lowest BCUT2D eigenvalue weighted by molar-refractivity contribution is -0.134. The van der Waals surface area contributed by atoms with Gasteiger partial charge in [-0.1, -0.05) is 30.3 Å². The molecule has 0 N–H and O–H groups in total. The molecule has 1 saturated heterocycles. The number of carbonyl (C=O) groups is 1. The van der Waals surface area contributed by atoms with Gasteiger partial charge in [0.05, 0.1) is 13.1 Å². The third-order valence-corrected chi connectivity index (χ3v) is 4.83. The molecule has 5 nitrogen and oxygen atoms in total. The summed E-state index contributed by atoms with van der Waals surface area (Å²) in [6.07, 6.45) is 5.51. The molecule has 2 aliphatic rings. The van der Waals surface area contributed by atoms with Gasteiger partial charge >= 0.3 is 0 Å². The van der Waals surface area contributed by atoms with E-state index in [1.807, 2.05) is 54.0 Å². The highest BCUT2D eigenvalue weighted by Crippen LogP contribution is 2.35. The number of aryl methyl sites for hydroxylation is 1. The van der Waals surface area contributed by atoms with Crippen LogP contribution in [0, 0.1) is 6.92 Å². The fourth-order valence-corrected chi connectivity index (χ4v) is 3.27. The molecule has 0 spiro atoms. The van der Waals surface area contributed by atoms with E-state index in [-0.39, 0.29) is 17.6 Å². The van der Waals surface area contributed by atoms with Crippen molar-refractivity contribution in [2.75, 3.05) is 13.1 Å². The van der Waals surface area contributed by atoms with E-state index in [2.05, 4.69) is 0 Å². The van der Waals surface area contributed by atoms with Crippen LogP contribution < -0.4 is 10.3 Å². The molecule has 1 aromatic carbocycles. The number of aromatic nitrogens is 1. The first-order valence-electron chi connectivity index (χ1n) is 9.02. The van der Waals surface area contributed by atoms with Crippen molar-refractivity contribution in [2.45, 2.75) is 31.9 Å². The SMILES string of the molecule is Cc1cc(OC2CN(C(=O)/C=C/c3ccccc3)C2)cc(=O)n1C1CC1. The Morgan fingerprint density at radius 3 is 2.54 bits per heavy atom. The minimum atomic E-state index is -0.0559. The fraction of sp³-hybridized carbons (Fsp3) is 0.333. The summed E-state index contributed by atoms with van der Waals surface area (Å²) in [5.41, 5.74) is 1.94. The van der Waals surface area contributed by atoms with Gasteiger partial charge in [-0.05, 0) is 37.5 Å². The molecule has 2 heterocycles. The molecule has 1 saturated carbocycles. The Balaban J connectivity index is 1.32. The summed E-state index contributed by atoms with van der Waals surface area (Å²) < 4.78 is 7.72. The predicted molar refractivity (Wildman–Crippen MR) is 100 cm³/mol. The van der Waals surface area contributed by atoms with E-state index in [0.717, 1.165) is 24.1 Å². The molecule has 0 bridgehead atoms. The van der Waals surface area contributed by atoms with Crippen LogP contribution >= 0.6 is 0 Å². The summed E-state index contributed by atoms with van der Waals surface area (Å²) in [5.74, 6) is 0.579. The fourth-order valence-electron chi connectivity index (χ4n) is 3.27. The quantitative estimate of drug-likeness (QED) is 0.779. The molecule has 26 heavy (non-hydrogen) atoms. The monoisotopic (exact) mass is 350 g/mol. The minimum absolute atomic E-state index is 0.000510. The maximum atomic E-state index is 12.2. The smallest absolute Gasteiger partial charge is 0.254 e. The number of amides is 1. The molecule has 0 radical (unpaired) electrons. The van der Waals surface area contributed by atoms with E-state index < -0.39 is 0 Å². The predicted octanol–water partition coefficient (Wildman–Crippen LogP) is 2.79. The van der Waals surface area contributed by atoms with Crippen molar-refractivity contribution < 1.29 is 9.53 Å². The molecule has 1 aromatic heterocycles.